The fraction of sp³-hybridized carbons (Fsp3) is 0.263. The molecule has 1 aliphatic heterocycles. The molecule has 0 radical (unpaired) electrons. The molecule has 1 aliphatic rings. The summed E-state index contributed by atoms with van der Waals surface area (Å²) >= 11 is 0. The second-order valence-electron chi connectivity index (χ2n) is 6.26. The number of nitrogen functional groups attached to an aromatic ring is 1. The third-order valence-electron chi connectivity index (χ3n) is 4.52. The number of nitrogens with zero attached hydrogens (tertiary/aromatic N) is 2. The third kappa shape index (κ3) is 4.19. The van der Waals surface area contributed by atoms with Crippen molar-refractivity contribution in [1.82, 2.24) is 9.80 Å². The largest absolute Gasteiger partial charge is 0.399 e. The fourth-order valence-electron chi connectivity index (χ4n) is 3.01. The highest BCUT2D eigenvalue weighted by Gasteiger charge is 2.28. The molecule has 1 fully saturated rings. The van der Waals surface area contributed by atoms with Crippen LogP contribution in [-0.4, -0.2) is 47.8 Å². The van der Waals surface area contributed by atoms with Gasteiger partial charge in [0.05, 0.1) is 0 Å². The van der Waals surface area contributed by atoms with Gasteiger partial charge in [-0.3, -0.25) is 9.59 Å². The number of carbonyl (C=O) groups is 2. The number of aryl methyl sites for hydroxylation is 1. The molecule has 144 valence electrons. The Labute approximate surface area is 162 Å². The van der Waals surface area contributed by atoms with Gasteiger partial charge in [-0.2, -0.15) is 0 Å². The topological polar surface area (TPSA) is 66.6 Å². The molecule has 2 aromatic rings. The predicted octanol–water partition coefficient (Wildman–Crippen LogP) is 2.88. The van der Waals surface area contributed by atoms with Crippen molar-refractivity contribution < 1.29 is 18.4 Å². The predicted molar refractivity (Wildman–Crippen MR) is 101 cm³/mol. The number of rotatable bonds is 2. The van der Waals surface area contributed by atoms with Crippen LogP contribution >= 0.6 is 12.4 Å². The van der Waals surface area contributed by atoms with E-state index in [-0.39, 0.29) is 44.5 Å². The molecule has 1 heterocycles. The van der Waals surface area contributed by atoms with Gasteiger partial charge in [0.2, 0.25) is 0 Å². The maximum absolute atomic E-state index is 13.8. The van der Waals surface area contributed by atoms with E-state index in [2.05, 4.69) is 0 Å². The molecule has 8 heteroatoms. The van der Waals surface area contributed by atoms with Gasteiger partial charge in [0.1, 0.15) is 17.2 Å². The van der Waals surface area contributed by atoms with Crippen molar-refractivity contribution in [2.24, 2.45) is 0 Å². The lowest BCUT2D eigenvalue weighted by molar-refractivity contribution is 0.0529. The van der Waals surface area contributed by atoms with Crippen LogP contribution in [0.1, 0.15) is 26.3 Å². The van der Waals surface area contributed by atoms with Gasteiger partial charge in [0, 0.05) is 37.4 Å². The lowest BCUT2D eigenvalue weighted by Crippen LogP contribution is -2.51. The standard InChI is InChI=1S/C19H19F2N3O2.ClH/c1-12-5-6-13(22)11-14(12)18(25)23-7-9-24(10-8-23)19(26)17-15(20)3-2-4-16(17)21;/h2-6,11H,7-10,22H2,1H3;1H. The Balaban J connectivity index is 0.00000261. The Morgan fingerprint density at radius 3 is 2.00 bits per heavy atom. The van der Waals surface area contributed by atoms with Crippen LogP contribution < -0.4 is 5.73 Å². The number of hydrogen-bond acceptors (Lipinski definition) is 3. The highest BCUT2D eigenvalue weighted by molar-refractivity contribution is 5.97. The van der Waals surface area contributed by atoms with Gasteiger partial charge in [-0.1, -0.05) is 12.1 Å². The quantitative estimate of drug-likeness (QED) is 0.795. The molecule has 5 nitrogen and oxygen atoms in total. The number of amides is 2. The summed E-state index contributed by atoms with van der Waals surface area (Å²) in [6.07, 6.45) is 0. The van der Waals surface area contributed by atoms with Crippen LogP contribution in [0.25, 0.3) is 0 Å². The van der Waals surface area contributed by atoms with Gasteiger partial charge >= 0.3 is 0 Å². The van der Waals surface area contributed by atoms with Crippen LogP contribution in [-0.2, 0) is 0 Å². The number of carbonyl (C=O) groups excluding carboxylic acids is 2. The molecule has 3 rings (SSSR count). The summed E-state index contributed by atoms with van der Waals surface area (Å²) < 4.78 is 27.6. The molecule has 27 heavy (non-hydrogen) atoms. The number of piperazine rings is 1. The monoisotopic (exact) mass is 395 g/mol. The van der Waals surface area contributed by atoms with E-state index < -0.39 is 23.1 Å². The zero-order chi connectivity index (χ0) is 18.8. The van der Waals surface area contributed by atoms with Crippen LogP contribution in [0.5, 0.6) is 0 Å². The van der Waals surface area contributed by atoms with Gasteiger partial charge in [-0.05, 0) is 36.8 Å². The minimum atomic E-state index is -0.885. The molecule has 0 unspecified atom stereocenters. The third-order valence-corrected chi connectivity index (χ3v) is 4.52. The highest BCUT2D eigenvalue weighted by Crippen LogP contribution is 2.19. The summed E-state index contributed by atoms with van der Waals surface area (Å²) in [4.78, 5) is 28.1. The molecule has 0 aliphatic carbocycles. The lowest BCUT2D eigenvalue weighted by Gasteiger charge is -2.35. The number of nitrogens with two attached hydrogens (primary N) is 1. The number of hydrogen-bond donors (Lipinski definition) is 1. The minimum Gasteiger partial charge on any atom is -0.399 e. The van der Waals surface area contributed by atoms with Gasteiger partial charge in [-0.25, -0.2) is 8.78 Å². The minimum absolute atomic E-state index is 0. The number of anilines is 1. The summed E-state index contributed by atoms with van der Waals surface area (Å²) in [7, 11) is 0. The molecule has 0 bridgehead atoms. The SMILES string of the molecule is Cc1ccc(N)cc1C(=O)N1CCN(C(=O)c2c(F)cccc2F)CC1.Cl. The summed E-state index contributed by atoms with van der Waals surface area (Å²) in [6.45, 7) is 2.82. The maximum atomic E-state index is 13.8. The van der Waals surface area contributed by atoms with E-state index >= 15 is 0 Å². The molecule has 0 spiro atoms. The second kappa shape index (κ2) is 8.35. The molecular formula is C19H20ClF2N3O2. The number of benzene rings is 2. The molecule has 0 atom stereocenters. The van der Waals surface area contributed by atoms with Gasteiger partial charge < -0.3 is 15.5 Å². The Bertz CT molecular complexity index is 848. The Morgan fingerprint density at radius 1 is 0.926 bits per heavy atom. The average Bonchev–Trinajstić information content (AvgIpc) is 2.63. The summed E-state index contributed by atoms with van der Waals surface area (Å²) in [6, 6.07) is 8.46. The van der Waals surface area contributed by atoms with Crippen molar-refractivity contribution in [2.75, 3.05) is 31.9 Å². The van der Waals surface area contributed by atoms with Crippen LogP contribution in [0.2, 0.25) is 0 Å². The summed E-state index contributed by atoms with van der Waals surface area (Å²) in [5, 5.41) is 0. The zero-order valence-corrected chi connectivity index (χ0v) is 15.6. The molecule has 2 aromatic carbocycles. The lowest BCUT2D eigenvalue weighted by atomic mass is 10.1. The van der Waals surface area contributed by atoms with Crippen molar-refractivity contribution in [3.8, 4) is 0 Å². The molecular weight excluding hydrogens is 376 g/mol. The van der Waals surface area contributed by atoms with Crippen molar-refractivity contribution in [3.05, 3.63) is 64.7 Å². The Hall–Kier alpha value is -2.67. The fourth-order valence-corrected chi connectivity index (χ4v) is 3.01. The molecule has 1 saturated heterocycles. The smallest absolute Gasteiger partial charge is 0.259 e. The van der Waals surface area contributed by atoms with Crippen molar-refractivity contribution in [1.29, 1.82) is 0 Å². The van der Waals surface area contributed by atoms with Crippen LogP contribution in [0.15, 0.2) is 36.4 Å². The molecule has 0 saturated carbocycles. The van der Waals surface area contributed by atoms with Crippen LogP contribution in [0.4, 0.5) is 14.5 Å². The first kappa shape index (κ1) is 20.6. The highest BCUT2D eigenvalue weighted by atomic mass is 35.5. The Morgan fingerprint density at radius 2 is 1.44 bits per heavy atom. The van der Waals surface area contributed by atoms with Gasteiger partial charge in [0.25, 0.3) is 11.8 Å². The first-order valence-electron chi connectivity index (χ1n) is 8.27. The number of halogens is 3. The van der Waals surface area contributed by atoms with Gasteiger partial charge in [-0.15, -0.1) is 12.4 Å². The van der Waals surface area contributed by atoms with E-state index in [1.165, 1.54) is 11.0 Å². The molecule has 2 amide bonds. The molecule has 0 aromatic heterocycles. The van der Waals surface area contributed by atoms with E-state index in [4.69, 9.17) is 5.73 Å². The summed E-state index contributed by atoms with van der Waals surface area (Å²) in [5.74, 6) is -2.64. The zero-order valence-electron chi connectivity index (χ0n) is 14.7. The van der Waals surface area contributed by atoms with Crippen molar-refractivity contribution in [3.63, 3.8) is 0 Å². The van der Waals surface area contributed by atoms with E-state index in [0.717, 1.165) is 17.7 Å². The molecule has 2 N–H and O–H groups in total. The van der Waals surface area contributed by atoms with Crippen LogP contribution in [0.3, 0.4) is 0 Å². The van der Waals surface area contributed by atoms with Crippen molar-refractivity contribution in [2.45, 2.75) is 6.92 Å². The normalized spacial score (nSPS) is 13.9. The first-order valence-corrected chi connectivity index (χ1v) is 8.27. The summed E-state index contributed by atoms with van der Waals surface area (Å²) in [5.41, 5.74) is 7.04. The second-order valence-corrected chi connectivity index (χ2v) is 6.26. The van der Waals surface area contributed by atoms with E-state index in [0.29, 0.717) is 11.3 Å². The van der Waals surface area contributed by atoms with E-state index in [1.807, 2.05) is 6.92 Å². The van der Waals surface area contributed by atoms with E-state index in [1.54, 1.807) is 23.1 Å². The van der Waals surface area contributed by atoms with Crippen molar-refractivity contribution >= 4 is 29.9 Å². The Kier molecular flexibility index (Phi) is 6.38. The van der Waals surface area contributed by atoms with Gasteiger partial charge in [0.15, 0.2) is 0 Å². The van der Waals surface area contributed by atoms with Crippen LogP contribution in [0, 0.1) is 18.6 Å². The maximum Gasteiger partial charge on any atom is 0.259 e. The van der Waals surface area contributed by atoms with E-state index in [9.17, 15) is 18.4 Å². The first-order chi connectivity index (χ1) is 12.4. The average molecular weight is 396 g/mol.